The molecule has 105 heavy (non-hydrogen) atoms. The number of rotatable bonds is 19. The van der Waals surface area contributed by atoms with Gasteiger partial charge in [0.2, 0.25) is 0 Å². The lowest BCUT2D eigenvalue weighted by molar-refractivity contribution is -0.154. The molecule has 2 aliphatic carbocycles. The molecule has 2 saturated heterocycles. The zero-order chi connectivity index (χ0) is 76.6. The Morgan fingerprint density at radius 1 is 0.524 bits per heavy atom. The number of alkyl halides is 3. The number of hydrogen-bond acceptors (Lipinski definition) is 17. The number of aryl methyl sites for hydroxylation is 4. The Bertz CT molecular complexity index is 4510. The number of carboxylic acids is 1. The molecule has 0 bridgehead atoms. The van der Waals surface area contributed by atoms with E-state index >= 15 is 0 Å². The number of aliphatic hydroxyl groups excluding tert-OH is 1. The van der Waals surface area contributed by atoms with Crippen molar-refractivity contribution in [2.45, 2.75) is 87.4 Å². The highest BCUT2D eigenvalue weighted by Gasteiger charge is 2.30. The van der Waals surface area contributed by atoms with Gasteiger partial charge in [-0.15, -0.1) is 12.4 Å². The van der Waals surface area contributed by atoms with Gasteiger partial charge >= 0.3 is 23.9 Å². The van der Waals surface area contributed by atoms with Crippen LogP contribution < -0.4 is 21.3 Å². The van der Waals surface area contributed by atoms with Crippen molar-refractivity contribution in [2.75, 3.05) is 115 Å². The molecule has 562 valence electrons. The van der Waals surface area contributed by atoms with E-state index in [1.54, 1.807) is 6.92 Å². The number of nitrogens with one attached hydrogen (secondary N) is 2. The Hall–Kier alpha value is -9.12. The number of nitrogens with zero attached hydrogens (tertiary/aromatic N) is 6. The lowest BCUT2D eigenvalue weighted by Gasteiger charge is -2.35. The molecule has 4 heterocycles. The molecule has 24 heteroatoms. The van der Waals surface area contributed by atoms with Crippen LogP contribution in [0.3, 0.4) is 0 Å². The molecule has 0 saturated carbocycles. The number of hydrogen-bond donors (Lipinski definition) is 4. The van der Waals surface area contributed by atoms with E-state index < -0.39 is 22.2 Å². The summed E-state index contributed by atoms with van der Waals surface area (Å²) in [6, 6.07) is 32.6. The summed E-state index contributed by atoms with van der Waals surface area (Å²) in [5, 5.41) is 27.8. The average molecular weight is 1520 g/mol. The van der Waals surface area contributed by atoms with Crippen LogP contribution in [0.2, 0.25) is 0 Å². The standard InChI is InChI=1S/C36H42N4O4.C32H38N4O3.C8H10O3.C4H6O2.CHCl3.ClH/c1-7-37-30-21-32-28(19-24(30)5)34(29-20-25(6)31(38-8-2)22-33(29)44-32)26-11-9-10-12-27(26)35(41)40-15-13-39(14-16-40)17-18-43-36(42)23(3)4;1-5-33-27-19-29-25(17-21(27)3)31(26-18-22(4)28(34-6-2)20-30(26)39-29)23-9-7-8-10-24(23)32(38)36-13-11-35(12-14-36)15-16-37;1-5(2)7(9)11-8(10)6(3)4;1-3(2)4(5)6;2-1(3)4;/h9-12,19-22,37H,3,7-8,13-18H2,1-2,4-6H3;7-10,17-20,33,37H,5-6,11-16H2,1-4H3;1,3H2,2,4H3;1H2,2H3,(H,5,6);1H;1H. The molecule has 4 N–H and O–H groups in total. The summed E-state index contributed by atoms with van der Waals surface area (Å²) in [5.74, 6) is -1.20. The highest BCUT2D eigenvalue weighted by Crippen LogP contribution is 2.45. The third-order valence-corrected chi connectivity index (χ3v) is 17.0. The van der Waals surface area contributed by atoms with Crippen molar-refractivity contribution < 1.29 is 57.3 Å². The normalized spacial score (nSPS) is 13.2. The number of β-amino-alcohol motifs (C(OH)–C–C–N with tert-alkyl or cyclic N) is 1. The molecule has 2 amide bonds. The lowest BCUT2D eigenvalue weighted by Crippen LogP contribution is -2.49. The number of carbonyl (C=O) groups is 6. The monoisotopic (exact) mass is 1510 g/mol. The van der Waals surface area contributed by atoms with Crippen molar-refractivity contribution in [1.82, 2.24) is 19.6 Å². The second-order valence-corrected chi connectivity index (χ2v) is 27.1. The number of carboxylic acid groups (broad SMARTS) is 1. The van der Waals surface area contributed by atoms with Crippen molar-refractivity contribution in [3.05, 3.63) is 190 Å². The van der Waals surface area contributed by atoms with Gasteiger partial charge in [-0.2, -0.15) is 0 Å². The van der Waals surface area contributed by atoms with Crippen LogP contribution in [0.1, 0.15) is 98.4 Å². The van der Waals surface area contributed by atoms with Gasteiger partial charge in [0.25, 0.3) is 11.8 Å². The predicted molar refractivity (Wildman–Crippen MR) is 425 cm³/mol. The fourth-order valence-corrected chi connectivity index (χ4v) is 11.7. The van der Waals surface area contributed by atoms with Gasteiger partial charge in [0.05, 0.1) is 17.3 Å². The largest absolute Gasteiger partial charge is 0.478 e. The number of anilines is 2. The number of aliphatic hydroxyl groups is 1. The molecule has 0 spiro atoms. The minimum atomic E-state index is -0.935. The molecule has 4 aliphatic heterocycles. The fraction of sp³-hybridized carbons (Fsp3) is 0.358. The topological polar surface area (TPSA) is 249 Å². The van der Waals surface area contributed by atoms with E-state index in [9.17, 15) is 33.9 Å². The highest BCUT2D eigenvalue weighted by atomic mass is 35.6. The summed E-state index contributed by atoms with van der Waals surface area (Å²) in [7, 11) is 0. The van der Waals surface area contributed by atoms with Crippen LogP contribution in [-0.2, 0) is 28.7 Å². The predicted octanol–water partition coefficient (Wildman–Crippen LogP) is 15.2. The zero-order valence-electron chi connectivity index (χ0n) is 62.2. The van der Waals surface area contributed by atoms with Gasteiger partial charge in [-0.25, -0.2) is 19.2 Å². The third kappa shape index (κ3) is 23.7. The number of halogens is 4. The maximum absolute atomic E-state index is 14.1. The molecule has 0 radical (unpaired) electrons. The van der Waals surface area contributed by atoms with Gasteiger partial charge in [0, 0.05) is 194 Å². The first-order valence-corrected chi connectivity index (χ1v) is 35.9. The van der Waals surface area contributed by atoms with Crippen molar-refractivity contribution >= 4 is 116 Å². The smallest absolute Gasteiger partial charge is 0.340 e. The number of esters is 3. The lowest BCUT2D eigenvalue weighted by atomic mass is 9.89. The van der Waals surface area contributed by atoms with E-state index in [2.05, 4.69) is 145 Å². The Labute approximate surface area is 636 Å². The van der Waals surface area contributed by atoms with E-state index in [1.165, 1.54) is 20.8 Å². The first-order chi connectivity index (χ1) is 49.5. The molecule has 2 fully saturated rings. The van der Waals surface area contributed by atoms with Crippen LogP contribution in [0.5, 0.6) is 0 Å². The Balaban J connectivity index is 0.000000295. The first-order valence-electron chi connectivity index (χ1n) is 34.5. The number of fused-ring (bicyclic) bond motifs is 4. The number of ether oxygens (including phenoxy) is 2. The summed E-state index contributed by atoms with van der Waals surface area (Å²) in [6.07, 6.45) is 0. The number of amides is 2. The molecule has 6 aliphatic rings. The molecule has 0 atom stereocenters. The molecular formula is C81H98Cl4N8O12. The van der Waals surface area contributed by atoms with Gasteiger partial charge in [-0.1, -0.05) is 97.5 Å². The van der Waals surface area contributed by atoms with Gasteiger partial charge in [0.1, 0.15) is 29.3 Å². The molecule has 4 aromatic rings. The Morgan fingerprint density at radius 3 is 1.22 bits per heavy atom. The second kappa shape index (κ2) is 41.5. The Kier molecular flexibility index (Phi) is 34.2. The van der Waals surface area contributed by atoms with Gasteiger partial charge in [-0.05, 0) is 153 Å². The van der Waals surface area contributed by atoms with Crippen molar-refractivity contribution in [3.8, 4) is 44.9 Å². The van der Waals surface area contributed by atoms with Crippen LogP contribution in [0.4, 0.5) is 11.4 Å². The van der Waals surface area contributed by atoms with Crippen LogP contribution in [-0.4, -0.2) is 175 Å². The summed E-state index contributed by atoms with van der Waals surface area (Å²) < 4.78 is 21.9. The van der Waals surface area contributed by atoms with Crippen molar-refractivity contribution in [1.29, 1.82) is 0 Å². The first kappa shape index (κ1) is 86.5. The molecular weight excluding hydrogens is 1420 g/mol. The van der Waals surface area contributed by atoms with E-state index in [1.807, 2.05) is 78.2 Å². The van der Waals surface area contributed by atoms with Gasteiger partial charge < -0.3 is 49.0 Å². The van der Waals surface area contributed by atoms with E-state index in [0.717, 1.165) is 137 Å². The van der Waals surface area contributed by atoms with Gasteiger partial charge in [0.15, 0.2) is 4.30 Å². The minimum Gasteiger partial charge on any atom is -0.478 e. The fourth-order valence-electron chi connectivity index (χ4n) is 11.7. The molecule has 4 aromatic carbocycles. The van der Waals surface area contributed by atoms with Crippen LogP contribution >= 0.6 is 47.2 Å². The highest BCUT2D eigenvalue weighted by molar-refractivity contribution is 6.63. The van der Waals surface area contributed by atoms with E-state index in [-0.39, 0.29) is 53.5 Å². The molecule has 0 aromatic heterocycles. The van der Waals surface area contributed by atoms with Crippen molar-refractivity contribution in [3.63, 3.8) is 0 Å². The van der Waals surface area contributed by atoms with E-state index in [4.69, 9.17) is 53.5 Å². The molecule has 10 rings (SSSR count). The third-order valence-electron chi connectivity index (χ3n) is 17.0. The second-order valence-electron chi connectivity index (χ2n) is 25.1. The SMILES string of the molecule is C=C(C)C(=O)O.C=C(C)C(=O)OC(=O)C(=C)C.C=C(C)C(=O)OCCN1CCN(C(=O)c2ccccc2-c2c3cc(C)c(=NCC)cc-3oc3cc(NCC)c(C)cc23)CC1.CCN=c1cc2oc3cc(NCC)c(C)cc3c(-c3ccccc3C(=O)N3CCN(CCO)CC3)c-2cc1C.Cl.ClC(Cl)Cl. The average Bonchev–Trinajstić information content (AvgIpc) is 0.746. The maximum atomic E-state index is 14.1. The van der Waals surface area contributed by atoms with Gasteiger partial charge in [-0.3, -0.25) is 29.4 Å². The van der Waals surface area contributed by atoms with Crippen LogP contribution in [0, 0.1) is 27.7 Å². The Morgan fingerprint density at radius 2 is 0.886 bits per heavy atom. The minimum absolute atomic E-state index is 0. The molecule has 0 unspecified atom stereocenters. The number of piperazine rings is 2. The van der Waals surface area contributed by atoms with Crippen LogP contribution in [0.15, 0.2) is 164 Å². The van der Waals surface area contributed by atoms with Crippen LogP contribution in [0.25, 0.3) is 66.8 Å². The number of benzene rings is 6. The molecule has 20 nitrogen and oxygen atoms in total. The number of carbonyl (C=O) groups excluding carboxylic acids is 5. The summed E-state index contributed by atoms with van der Waals surface area (Å²) in [5.41, 5.74) is 16.0. The number of aliphatic carboxylic acids is 1. The zero-order valence-corrected chi connectivity index (χ0v) is 65.2. The maximum Gasteiger partial charge on any atom is 0.340 e. The summed E-state index contributed by atoms with van der Waals surface area (Å²) >= 11 is 14.4. The summed E-state index contributed by atoms with van der Waals surface area (Å²) in [4.78, 5) is 88.4. The van der Waals surface area contributed by atoms with Crippen molar-refractivity contribution in [2.24, 2.45) is 9.98 Å². The summed E-state index contributed by atoms with van der Waals surface area (Å²) in [6.45, 7) is 46.1. The quantitative estimate of drug-likeness (QED) is 0.0193. The van der Waals surface area contributed by atoms with E-state index in [0.29, 0.717) is 88.8 Å².